The molecule has 0 radical (unpaired) electrons. The highest BCUT2D eigenvalue weighted by Gasteiger charge is 2.40. The Hall–Kier alpha value is -5.50. The predicted molar refractivity (Wildman–Crippen MR) is 177 cm³/mol. The van der Waals surface area contributed by atoms with Crippen LogP contribution in [-0.2, 0) is 16.1 Å². The lowest BCUT2D eigenvalue weighted by Gasteiger charge is -2.29. The quantitative estimate of drug-likeness (QED) is 0.180. The molecular weight excluding hydrogens is 600 g/mol. The van der Waals surface area contributed by atoms with E-state index in [1.54, 1.807) is 59.3 Å². The Kier molecular flexibility index (Phi) is 8.65. The highest BCUT2D eigenvalue weighted by atomic mass is 16.6. The molecule has 2 aromatic carbocycles. The van der Waals surface area contributed by atoms with Gasteiger partial charge in [0.15, 0.2) is 17.0 Å². The van der Waals surface area contributed by atoms with Gasteiger partial charge in [-0.1, -0.05) is 36.4 Å². The number of carbonyl (C=O) groups excluding carboxylic acids is 2. The molecule has 0 aliphatic rings. The first kappa shape index (κ1) is 32.9. The van der Waals surface area contributed by atoms with Crippen LogP contribution in [0.25, 0.3) is 27.7 Å². The lowest BCUT2D eigenvalue weighted by atomic mass is 10.1. The normalized spacial score (nSPS) is 11.7. The van der Waals surface area contributed by atoms with Crippen molar-refractivity contribution >= 4 is 40.0 Å². The number of aromatic nitrogens is 2. The molecule has 11 nitrogen and oxygen atoms in total. The van der Waals surface area contributed by atoms with Gasteiger partial charge in [-0.25, -0.2) is 9.59 Å². The maximum absolute atomic E-state index is 14.0. The van der Waals surface area contributed by atoms with Gasteiger partial charge in [-0.3, -0.25) is 4.57 Å². The third kappa shape index (κ3) is 6.45. The summed E-state index contributed by atoms with van der Waals surface area (Å²) < 4.78 is 30.9. The van der Waals surface area contributed by atoms with Gasteiger partial charge in [-0.15, -0.1) is 0 Å². The number of hydrogen-bond donors (Lipinski definition) is 0. The number of hydrogen-bond acceptors (Lipinski definition) is 9. The molecule has 0 saturated carbocycles. The molecule has 5 rings (SSSR count). The fourth-order valence-corrected chi connectivity index (χ4v) is 5.31. The second-order valence-electron chi connectivity index (χ2n) is 13.1. The van der Waals surface area contributed by atoms with Gasteiger partial charge >= 0.3 is 12.2 Å². The zero-order valence-electron chi connectivity index (χ0n) is 28.0. The molecule has 3 heterocycles. The number of imide groups is 1. The second kappa shape index (κ2) is 12.4. The number of aryl methyl sites for hydroxylation is 1. The average molecular weight is 639 g/mol. The van der Waals surface area contributed by atoms with Gasteiger partial charge < -0.3 is 23.4 Å². The van der Waals surface area contributed by atoms with E-state index in [4.69, 9.17) is 28.3 Å². The van der Waals surface area contributed by atoms with E-state index in [0.29, 0.717) is 28.0 Å². The summed E-state index contributed by atoms with van der Waals surface area (Å²) in [6.45, 7) is 14.0. The molecular formula is C36H38N4O7. The molecule has 11 heteroatoms. The first-order chi connectivity index (χ1) is 22.1. The molecule has 0 aliphatic heterocycles. The monoisotopic (exact) mass is 638 g/mol. The van der Waals surface area contributed by atoms with Gasteiger partial charge in [0.25, 0.3) is 0 Å². The summed E-state index contributed by atoms with van der Waals surface area (Å²) in [4.78, 5) is 33.8. The van der Waals surface area contributed by atoms with Crippen molar-refractivity contribution in [3.8, 4) is 23.4 Å². The summed E-state index contributed by atoms with van der Waals surface area (Å²) in [5, 5.41) is 11.6. The Bertz CT molecular complexity index is 1990. The van der Waals surface area contributed by atoms with Crippen molar-refractivity contribution in [2.75, 3.05) is 12.0 Å². The van der Waals surface area contributed by atoms with Crippen molar-refractivity contribution in [3.05, 3.63) is 77.0 Å². The third-order valence-corrected chi connectivity index (χ3v) is 7.17. The Labute approximate surface area is 273 Å². The topological polar surface area (TPSA) is 129 Å². The van der Waals surface area contributed by atoms with Crippen LogP contribution in [0.4, 0.5) is 15.4 Å². The number of fused-ring (bicyclic) bond motifs is 3. The minimum atomic E-state index is -1.04. The zero-order valence-corrected chi connectivity index (χ0v) is 28.0. The molecule has 0 N–H and O–H groups in total. The van der Waals surface area contributed by atoms with Gasteiger partial charge in [0.1, 0.15) is 35.2 Å². The van der Waals surface area contributed by atoms with Crippen LogP contribution in [0.15, 0.2) is 59.2 Å². The van der Waals surface area contributed by atoms with E-state index in [1.807, 2.05) is 56.3 Å². The number of benzene rings is 2. The Morgan fingerprint density at radius 1 is 0.957 bits per heavy atom. The molecule has 47 heavy (non-hydrogen) atoms. The zero-order chi connectivity index (χ0) is 34.3. The SMILES string of the molecule is COc1ccc(C)c(-n2c(N(C(=O)OC(C)(C)C)C(=O)OC(C)(C)C)c(C#N)c3c4occc4c(OCc4ccccc4)nc32)c1C. The summed E-state index contributed by atoms with van der Waals surface area (Å²) in [5.41, 5.74) is 1.31. The molecule has 0 aliphatic carbocycles. The molecule has 5 aromatic rings. The van der Waals surface area contributed by atoms with Crippen LogP contribution in [0.3, 0.4) is 0 Å². The van der Waals surface area contributed by atoms with Crippen molar-refractivity contribution in [3.63, 3.8) is 0 Å². The van der Waals surface area contributed by atoms with Crippen molar-refractivity contribution in [1.82, 2.24) is 9.55 Å². The number of methoxy groups -OCH3 is 1. The molecule has 2 amide bonds. The largest absolute Gasteiger partial charge is 0.496 e. The summed E-state index contributed by atoms with van der Waals surface area (Å²) in [7, 11) is 1.55. The molecule has 0 spiro atoms. The number of carbonyl (C=O) groups is 2. The fraction of sp³-hybridized carbons (Fsp3) is 0.333. The van der Waals surface area contributed by atoms with Gasteiger partial charge in [-0.2, -0.15) is 15.1 Å². The number of pyridine rings is 1. The number of nitriles is 1. The molecule has 244 valence electrons. The average Bonchev–Trinajstić information content (AvgIpc) is 3.58. The Morgan fingerprint density at radius 3 is 2.17 bits per heavy atom. The van der Waals surface area contributed by atoms with E-state index in [9.17, 15) is 14.9 Å². The van der Waals surface area contributed by atoms with Gasteiger partial charge in [0.05, 0.1) is 29.8 Å². The maximum Gasteiger partial charge on any atom is 0.425 e. The van der Waals surface area contributed by atoms with Gasteiger partial charge in [-0.05, 0) is 78.6 Å². The second-order valence-corrected chi connectivity index (χ2v) is 13.1. The van der Waals surface area contributed by atoms with Crippen LogP contribution in [-0.4, -0.2) is 40.0 Å². The molecule has 3 aromatic heterocycles. The van der Waals surface area contributed by atoms with E-state index in [-0.39, 0.29) is 34.9 Å². The third-order valence-electron chi connectivity index (χ3n) is 7.17. The van der Waals surface area contributed by atoms with Crippen LogP contribution >= 0.6 is 0 Å². The highest BCUT2D eigenvalue weighted by Crippen LogP contribution is 2.44. The van der Waals surface area contributed by atoms with Crippen molar-refractivity contribution < 1.29 is 33.0 Å². The van der Waals surface area contributed by atoms with Crippen molar-refractivity contribution in [2.45, 2.75) is 73.2 Å². The van der Waals surface area contributed by atoms with E-state index < -0.39 is 23.4 Å². The number of anilines is 1. The smallest absolute Gasteiger partial charge is 0.425 e. The molecule has 0 saturated heterocycles. The summed E-state index contributed by atoms with van der Waals surface area (Å²) >= 11 is 0. The number of nitrogens with zero attached hydrogens (tertiary/aromatic N) is 4. The van der Waals surface area contributed by atoms with Crippen LogP contribution in [0, 0.1) is 25.2 Å². The maximum atomic E-state index is 14.0. The van der Waals surface area contributed by atoms with Gasteiger partial charge in [0, 0.05) is 5.56 Å². The molecule has 0 fully saturated rings. The highest BCUT2D eigenvalue weighted by molar-refractivity contribution is 6.16. The Balaban J connectivity index is 1.92. The Morgan fingerprint density at radius 2 is 1.60 bits per heavy atom. The molecule has 0 unspecified atom stereocenters. The predicted octanol–water partition coefficient (Wildman–Crippen LogP) is 8.52. The van der Waals surface area contributed by atoms with Crippen molar-refractivity contribution in [2.24, 2.45) is 0 Å². The van der Waals surface area contributed by atoms with E-state index in [1.165, 1.54) is 6.26 Å². The number of amides is 2. The first-order valence-electron chi connectivity index (χ1n) is 15.1. The van der Waals surface area contributed by atoms with Crippen LogP contribution in [0.1, 0.15) is 63.8 Å². The number of furan rings is 1. The van der Waals surface area contributed by atoms with Crippen molar-refractivity contribution in [1.29, 1.82) is 5.26 Å². The number of ether oxygens (including phenoxy) is 4. The summed E-state index contributed by atoms with van der Waals surface area (Å²) in [6, 6.07) is 17.2. The lowest BCUT2D eigenvalue weighted by Crippen LogP contribution is -2.45. The summed E-state index contributed by atoms with van der Waals surface area (Å²) in [5.74, 6) is 0.646. The molecule has 0 atom stereocenters. The first-order valence-corrected chi connectivity index (χ1v) is 15.1. The standard InChI is InChI=1S/C36H38N4O7/c1-21-15-16-26(43-9)22(2)28(21)39-30-27(29-24(17-18-44-29)31(38-30)45-20-23-13-11-10-12-14-23)25(19-37)32(39)40(33(41)46-35(3,4)5)34(42)47-36(6,7)8/h10-18H,20H2,1-9H3. The van der Waals surface area contributed by atoms with E-state index in [0.717, 1.165) is 16.0 Å². The van der Waals surface area contributed by atoms with Crippen LogP contribution in [0.5, 0.6) is 11.6 Å². The van der Waals surface area contributed by atoms with E-state index >= 15 is 0 Å². The van der Waals surface area contributed by atoms with Crippen LogP contribution in [0.2, 0.25) is 0 Å². The minimum absolute atomic E-state index is 0.0552. The number of rotatable bonds is 6. The fourth-order valence-electron chi connectivity index (χ4n) is 5.31. The van der Waals surface area contributed by atoms with Gasteiger partial charge in [0.2, 0.25) is 5.88 Å². The lowest BCUT2D eigenvalue weighted by molar-refractivity contribution is 0.0428. The minimum Gasteiger partial charge on any atom is -0.496 e. The van der Waals surface area contributed by atoms with Crippen LogP contribution < -0.4 is 14.4 Å². The molecule has 0 bridgehead atoms. The summed E-state index contributed by atoms with van der Waals surface area (Å²) in [6.07, 6.45) is -0.607. The van der Waals surface area contributed by atoms with E-state index in [2.05, 4.69) is 6.07 Å².